The third-order valence-electron chi connectivity index (χ3n) is 4.75. The van der Waals surface area contributed by atoms with E-state index in [9.17, 15) is 18.0 Å². The summed E-state index contributed by atoms with van der Waals surface area (Å²) in [5.74, 6) is -0.863. The molecule has 1 amide bonds. The van der Waals surface area contributed by atoms with Gasteiger partial charge in [-0.15, -0.1) is 0 Å². The first-order valence-electron chi connectivity index (χ1n) is 9.15. The minimum Gasteiger partial charge on any atom is -0.435 e. The predicted octanol–water partition coefficient (Wildman–Crippen LogP) is 4.89. The first-order chi connectivity index (χ1) is 14.0. The van der Waals surface area contributed by atoms with E-state index >= 15 is 0 Å². The van der Waals surface area contributed by atoms with Gasteiger partial charge in [0.25, 0.3) is 0 Å². The number of halogens is 3. The number of fused-ring (bicyclic) bond motifs is 1. The van der Waals surface area contributed by atoms with Crippen LogP contribution >= 0.6 is 11.3 Å². The van der Waals surface area contributed by atoms with Gasteiger partial charge in [0.05, 0.1) is 10.6 Å². The lowest BCUT2D eigenvalue weighted by Gasteiger charge is -2.31. The number of hydrogen-bond acceptors (Lipinski definition) is 5. The van der Waals surface area contributed by atoms with E-state index in [-0.39, 0.29) is 23.4 Å². The van der Waals surface area contributed by atoms with Crippen LogP contribution in [0.1, 0.15) is 12.8 Å². The molecule has 9 heteroatoms. The molecule has 1 aromatic heterocycles. The van der Waals surface area contributed by atoms with E-state index < -0.39 is 6.61 Å². The number of amides is 1. The summed E-state index contributed by atoms with van der Waals surface area (Å²) in [5, 5.41) is 3.46. The highest BCUT2D eigenvalue weighted by Gasteiger charge is 2.28. The van der Waals surface area contributed by atoms with Crippen molar-refractivity contribution in [3.63, 3.8) is 0 Å². The number of alkyl halides is 2. The van der Waals surface area contributed by atoms with Gasteiger partial charge in [0.1, 0.15) is 17.1 Å². The van der Waals surface area contributed by atoms with Gasteiger partial charge in [-0.3, -0.25) is 4.79 Å². The molecule has 5 nitrogen and oxygen atoms in total. The summed E-state index contributed by atoms with van der Waals surface area (Å²) in [6, 6.07) is 10.8. The van der Waals surface area contributed by atoms with E-state index in [1.807, 2.05) is 11.0 Å². The Hall–Kier alpha value is -2.81. The fraction of sp³-hybridized carbons (Fsp3) is 0.300. The van der Waals surface area contributed by atoms with Crippen molar-refractivity contribution < 1.29 is 22.7 Å². The van der Waals surface area contributed by atoms with E-state index in [1.54, 1.807) is 12.1 Å². The Morgan fingerprint density at radius 2 is 2.10 bits per heavy atom. The third-order valence-corrected chi connectivity index (χ3v) is 5.83. The topological polar surface area (TPSA) is 54.5 Å². The highest BCUT2D eigenvalue weighted by molar-refractivity contribution is 7.22. The van der Waals surface area contributed by atoms with E-state index in [0.717, 1.165) is 17.7 Å². The minimum absolute atomic E-state index is 0.0143. The zero-order valence-electron chi connectivity index (χ0n) is 15.3. The molecule has 152 valence electrons. The van der Waals surface area contributed by atoms with Crippen LogP contribution in [-0.2, 0) is 4.79 Å². The molecular formula is C20H18F3N3O2S. The number of para-hydroxylation sites is 1. The maximum atomic E-state index is 13.9. The second-order valence-corrected chi connectivity index (χ2v) is 7.77. The maximum Gasteiger partial charge on any atom is 0.387 e. The lowest BCUT2D eigenvalue weighted by Crippen LogP contribution is -2.40. The number of aromatic nitrogens is 1. The number of thiazole rings is 1. The van der Waals surface area contributed by atoms with Crippen LogP contribution in [0.25, 0.3) is 10.2 Å². The van der Waals surface area contributed by atoms with Gasteiger partial charge in [-0.25, -0.2) is 9.37 Å². The van der Waals surface area contributed by atoms with Gasteiger partial charge < -0.3 is 15.0 Å². The van der Waals surface area contributed by atoms with Crippen molar-refractivity contribution in [3.05, 3.63) is 48.3 Å². The van der Waals surface area contributed by atoms with Crippen molar-refractivity contribution in [1.29, 1.82) is 0 Å². The number of rotatable bonds is 5. The summed E-state index contributed by atoms with van der Waals surface area (Å²) in [5.41, 5.74) is 0.738. The Balaban J connectivity index is 1.45. The van der Waals surface area contributed by atoms with Crippen LogP contribution in [0.15, 0.2) is 42.5 Å². The van der Waals surface area contributed by atoms with E-state index in [1.165, 1.54) is 35.6 Å². The highest BCUT2D eigenvalue weighted by Crippen LogP contribution is 2.33. The molecule has 1 aliphatic heterocycles. The Kier molecular flexibility index (Phi) is 5.57. The maximum absolute atomic E-state index is 13.9. The molecule has 0 radical (unpaired) electrons. The number of ether oxygens (including phenoxy) is 1. The summed E-state index contributed by atoms with van der Waals surface area (Å²) in [7, 11) is 0. The van der Waals surface area contributed by atoms with Gasteiger partial charge in [-0.1, -0.05) is 23.5 Å². The van der Waals surface area contributed by atoms with Crippen molar-refractivity contribution in [2.24, 2.45) is 5.92 Å². The van der Waals surface area contributed by atoms with Gasteiger partial charge in [-0.2, -0.15) is 8.78 Å². The molecule has 1 unspecified atom stereocenters. The zero-order valence-corrected chi connectivity index (χ0v) is 16.1. The molecule has 1 N–H and O–H groups in total. The molecule has 0 spiro atoms. The molecule has 3 aromatic rings. The molecule has 29 heavy (non-hydrogen) atoms. The molecule has 2 aromatic carbocycles. The first-order valence-corrected chi connectivity index (χ1v) is 9.97. The van der Waals surface area contributed by atoms with Crippen molar-refractivity contribution in [1.82, 2.24) is 4.98 Å². The number of nitrogens with one attached hydrogen (secondary N) is 1. The van der Waals surface area contributed by atoms with E-state index in [2.05, 4.69) is 15.0 Å². The lowest BCUT2D eigenvalue weighted by molar-refractivity contribution is -0.120. The fourth-order valence-corrected chi connectivity index (χ4v) is 4.41. The summed E-state index contributed by atoms with van der Waals surface area (Å²) < 4.78 is 43.8. The van der Waals surface area contributed by atoms with Crippen LogP contribution < -0.4 is 15.0 Å². The normalized spacial score (nSPS) is 17.0. The second kappa shape index (κ2) is 8.28. The van der Waals surface area contributed by atoms with Crippen LogP contribution in [-0.4, -0.2) is 30.6 Å². The monoisotopic (exact) mass is 421 g/mol. The largest absolute Gasteiger partial charge is 0.435 e. The SMILES string of the molecule is O=C(Nc1cccc(OC(F)F)c1)C1CCCN(c2nc3c(F)cccc3s2)C1. The summed E-state index contributed by atoms with van der Waals surface area (Å²) in [6.07, 6.45) is 1.50. The Bertz CT molecular complexity index is 1030. The average Bonchev–Trinajstić information content (AvgIpc) is 3.14. The number of nitrogens with zero attached hydrogens (tertiary/aromatic N) is 2. The molecule has 0 aliphatic carbocycles. The number of carbonyl (C=O) groups is 1. The van der Waals surface area contributed by atoms with Crippen LogP contribution in [0, 0.1) is 11.7 Å². The van der Waals surface area contributed by atoms with Gasteiger partial charge >= 0.3 is 6.61 Å². The molecule has 1 saturated heterocycles. The van der Waals surface area contributed by atoms with Crippen molar-refractivity contribution in [3.8, 4) is 5.75 Å². The van der Waals surface area contributed by atoms with Crippen LogP contribution in [0.5, 0.6) is 5.75 Å². The van der Waals surface area contributed by atoms with Gasteiger partial charge in [0.2, 0.25) is 5.91 Å². The first kappa shape index (κ1) is 19.5. The van der Waals surface area contributed by atoms with E-state index in [0.29, 0.717) is 29.3 Å². The Morgan fingerprint density at radius 1 is 1.28 bits per heavy atom. The quantitative estimate of drug-likeness (QED) is 0.637. The molecule has 0 bridgehead atoms. The Morgan fingerprint density at radius 3 is 2.90 bits per heavy atom. The molecule has 1 fully saturated rings. The average molecular weight is 421 g/mol. The third kappa shape index (κ3) is 4.45. The summed E-state index contributed by atoms with van der Waals surface area (Å²) in [6.45, 7) is -1.73. The summed E-state index contributed by atoms with van der Waals surface area (Å²) in [4.78, 5) is 19.1. The predicted molar refractivity (Wildman–Crippen MR) is 106 cm³/mol. The number of benzene rings is 2. The van der Waals surface area contributed by atoms with Crippen LogP contribution in [0.3, 0.4) is 0 Å². The molecular weight excluding hydrogens is 403 g/mol. The summed E-state index contributed by atoms with van der Waals surface area (Å²) >= 11 is 1.40. The highest BCUT2D eigenvalue weighted by atomic mass is 32.1. The van der Waals surface area contributed by atoms with Gasteiger partial charge in [0, 0.05) is 24.8 Å². The van der Waals surface area contributed by atoms with Gasteiger partial charge in [-0.05, 0) is 37.1 Å². The molecule has 1 aliphatic rings. The van der Waals surface area contributed by atoms with Crippen molar-refractivity contribution in [2.45, 2.75) is 19.5 Å². The smallest absolute Gasteiger partial charge is 0.387 e. The molecule has 4 rings (SSSR count). The van der Waals surface area contributed by atoms with Crippen molar-refractivity contribution >= 4 is 38.3 Å². The molecule has 2 heterocycles. The number of piperidine rings is 1. The van der Waals surface area contributed by atoms with Gasteiger partial charge in [0.15, 0.2) is 5.13 Å². The lowest BCUT2D eigenvalue weighted by atomic mass is 9.97. The minimum atomic E-state index is -2.92. The standard InChI is InChI=1S/C20H18F3N3O2S/c21-15-7-2-8-16-17(15)25-20(29-16)26-9-3-4-12(11-26)18(27)24-13-5-1-6-14(10-13)28-19(22)23/h1-2,5-8,10,12,19H,3-4,9,11H2,(H,24,27). The van der Waals surface area contributed by atoms with Crippen LogP contribution in [0.2, 0.25) is 0 Å². The zero-order chi connectivity index (χ0) is 20.4. The fourth-order valence-electron chi connectivity index (χ4n) is 3.40. The van der Waals surface area contributed by atoms with Crippen LogP contribution in [0.4, 0.5) is 24.0 Å². The second-order valence-electron chi connectivity index (χ2n) is 6.76. The Labute approximate surface area is 169 Å². The number of carbonyl (C=O) groups excluding carboxylic acids is 1. The molecule has 1 atom stereocenters. The molecule has 0 saturated carbocycles. The van der Waals surface area contributed by atoms with Crippen molar-refractivity contribution in [2.75, 3.05) is 23.3 Å². The number of hydrogen-bond donors (Lipinski definition) is 1. The van der Waals surface area contributed by atoms with E-state index in [4.69, 9.17) is 0 Å². The number of anilines is 2.